The summed E-state index contributed by atoms with van der Waals surface area (Å²) < 4.78 is 0. The highest BCUT2D eigenvalue weighted by atomic mass is 15.2. The molecule has 2 heteroatoms. The van der Waals surface area contributed by atoms with Gasteiger partial charge in [-0.1, -0.05) is 27.7 Å². The van der Waals surface area contributed by atoms with Gasteiger partial charge in [0.15, 0.2) is 0 Å². The van der Waals surface area contributed by atoms with Crippen molar-refractivity contribution in [2.75, 3.05) is 26.2 Å². The molecule has 2 saturated heterocycles. The zero-order valence-corrected chi connectivity index (χ0v) is 12.1. The second kappa shape index (κ2) is 5.27. The highest BCUT2D eigenvalue weighted by molar-refractivity contribution is 4.87. The summed E-state index contributed by atoms with van der Waals surface area (Å²) in [6.45, 7) is 14.7. The molecule has 0 radical (unpaired) electrons. The lowest BCUT2D eigenvalue weighted by Crippen LogP contribution is -2.45. The van der Waals surface area contributed by atoms with Crippen molar-refractivity contribution < 1.29 is 0 Å². The summed E-state index contributed by atoms with van der Waals surface area (Å²) in [5.41, 5.74) is 0.488. The number of rotatable bonds is 2. The predicted molar refractivity (Wildman–Crippen MR) is 74.2 cm³/mol. The van der Waals surface area contributed by atoms with E-state index in [-0.39, 0.29) is 0 Å². The van der Waals surface area contributed by atoms with E-state index in [9.17, 15) is 0 Å². The van der Waals surface area contributed by atoms with Crippen LogP contribution in [-0.4, -0.2) is 37.1 Å². The van der Waals surface area contributed by atoms with Gasteiger partial charge < -0.3 is 10.2 Å². The summed E-state index contributed by atoms with van der Waals surface area (Å²) in [5, 5.41) is 3.69. The Hall–Kier alpha value is -0.0800. The number of nitrogens with one attached hydrogen (secondary N) is 1. The zero-order chi connectivity index (χ0) is 12.5. The van der Waals surface area contributed by atoms with Crippen molar-refractivity contribution in [2.24, 2.45) is 17.3 Å². The summed E-state index contributed by atoms with van der Waals surface area (Å²) in [7, 11) is 0. The van der Waals surface area contributed by atoms with Crippen LogP contribution in [0.2, 0.25) is 0 Å². The van der Waals surface area contributed by atoms with E-state index in [0.29, 0.717) is 5.41 Å². The normalized spacial score (nSPS) is 36.4. The molecule has 2 fully saturated rings. The van der Waals surface area contributed by atoms with E-state index in [0.717, 1.165) is 17.9 Å². The summed E-state index contributed by atoms with van der Waals surface area (Å²) in [6, 6.07) is 0.748. The molecule has 100 valence electrons. The first-order chi connectivity index (χ1) is 7.95. The molecule has 2 heterocycles. The van der Waals surface area contributed by atoms with E-state index < -0.39 is 0 Å². The monoisotopic (exact) mass is 238 g/mol. The summed E-state index contributed by atoms with van der Waals surface area (Å²) in [5.74, 6) is 1.81. The Balaban J connectivity index is 1.77. The molecule has 2 rings (SSSR count). The molecule has 2 nitrogen and oxygen atoms in total. The quantitative estimate of drug-likeness (QED) is 0.796. The van der Waals surface area contributed by atoms with Crippen molar-refractivity contribution in [3.05, 3.63) is 0 Å². The molecule has 0 saturated carbocycles. The van der Waals surface area contributed by atoms with Gasteiger partial charge in [0.25, 0.3) is 0 Å². The first-order valence-corrected chi connectivity index (χ1v) is 7.41. The van der Waals surface area contributed by atoms with Crippen LogP contribution in [0, 0.1) is 17.3 Å². The largest absolute Gasteiger partial charge is 0.313 e. The Bertz CT molecular complexity index is 244. The van der Waals surface area contributed by atoms with Gasteiger partial charge in [0.2, 0.25) is 0 Å². The van der Waals surface area contributed by atoms with Crippen molar-refractivity contribution in [3.63, 3.8) is 0 Å². The molecule has 17 heavy (non-hydrogen) atoms. The van der Waals surface area contributed by atoms with Crippen molar-refractivity contribution in [1.82, 2.24) is 10.2 Å². The summed E-state index contributed by atoms with van der Waals surface area (Å²) in [4.78, 5) is 2.69. The van der Waals surface area contributed by atoms with Crippen LogP contribution in [-0.2, 0) is 0 Å². The van der Waals surface area contributed by atoms with Crippen LogP contribution in [0.3, 0.4) is 0 Å². The van der Waals surface area contributed by atoms with Crippen molar-refractivity contribution >= 4 is 0 Å². The number of piperidine rings is 1. The third kappa shape index (κ3) is 3.69. The highest BCUT2D eigenvalue weighted by Crippen LogP contribution is 2.33. The number of nitrogens with zero attached hydrogens (tertiary/aromatic N) is 1. The molecule has 3 atom stereocenters. The topological polar surface area (TPSA) is 15.3 Å². The lowest BCUT2D eigenvalue weighted by atomic mass is 9.80. The molecule has 0 aromatic rings. The Labute approximate surface area is 107 Å². The van der Waals surface area contributed by atoms with Crippen LogP contribution in [0.5, 0.6) is 0 Å². The highest BCUT2D eigenvalue weighted by Gasteiger charge is 2.32. The Morgan fingerprint density at radius 3 is 2.59 bits per heavy atom. The minimum absolute atomic E-state index is 0.488. The van der Waals surface area contributed by atoms with Gasteiger partial charge in [-0.3, -0.25) is 0 Å². The fraction of sp³-hybridized carbons (Fsp3) is 1.00. The fourth-order valence-corrected chi connectivity index (χ4v) is 3.38. The van der Waals surface area contributed by atoms with E-state index in [2.05, 4.69) is 37.9 Å². The van der Waals surface area contributed by atoms with E-state index in [4.69, 9.17) is 0 Å². The Morgan fingerprint density at radius 2 is 2.00 bits per heavy atom. The van der Waals surface area contributed by atoms with Gasteiger partial charge >= 0.3 is 0 Å². The SMILES string of the molecule is CC1CCNC(CN2CCC(C(C)(C)C)C2)C1. The predicted octanol–water partition coefficient (Wildman–Crippen LogP) is 2.74. The molecular weight excluding hydrogens is 208 g/mol. The minimum atomic E-state index is 0.488. The fourth-order valence-electron chi connectivity index (χ4n) is 3.38. The third-order valence-electron chi connectivity index (χ3n) is 4.73. The average molecular weight is 238 g/mol. The molecular formula is C15H30N2. The molecule has 0 aromatic carbocycles. The van der Waals surface area contributed by atoms with Gasteiger partial charge in [0.05, 0.1) is 0 Å². The van der Waals surface area contributed by atoms with Crippen LogP contribution in [0.25, 0.3) is 0 Å². The lowest BCUT2D eigenvalue weighted by Gasteiger charge is -2.32. The molecule has 1 N–H and O–H groups in total. The van der Waals surface area contributed by atoms with E-state index in [1.165, 1.54) is 45.4 Å². The molecule has 0 amide bonds. The molecule has 0 spiro atoms. The van der Waals surface area contributed by atoms with Crippen molar-refractivity contribution in [3.8, 4) is 0 Å². The Morgan fingerprint density at radius 1 is 1.24 bits per heavy atom. The van der Waals surface area contributed by atoms with E-state index >= 15 is 0 Å². The minimum Gasteiger partial charge on any atom is -0.313 e. The summed E-state index contributed by atoms with van der Waals surface area (Å²) >= 11 is 0. The van der Waals surface area contributed by atoms with Crippen molar-refractivity contribution in [2.45, 2.75) is 53.0 Å². The van der Waals surface area contributed by atoms with Gasteiger partial charge in [-0.05, 0) is 49.6 Å². The summed E-state index contributed by atoms with van der Waals surface area (Å²) in [6.07, 6.45) is 4.13. The molecule has 3 unspecified atom stereocenters. The molecule has 0 aromatic heterocycles. The molecule has 2 aliphatic heterocycles. The zero-order valence-electron chi connectivity index (χ0n) is 12.1. The standard InChI is InChI=1S/C15H30N2/c1-12-5-7-16-14(9-12)11-17-8-6-13(10-17)15(2,3)4/h12-14,16H,5-11H2,1-4H3. The second-order valence-electron chi connectivity index (χ2n) is 7.39. The number of likely N-dealkylation sites (tertiary alicyclic amines) is 1. The van der Waals surface area contributed by atoms with E-state index in [1.807, 2.05) is 0 Å². The maximum atomic E-state index is 3.69. The van der Waals surface area contributed by atoms with Crippen LogP contribution in [0.1, 0.15) is 47.0 Å². The number of hydrogen-bond donors (Lipinski definition) is 1. The Kier molecular flexibility index (Phi) is 4.14. The second-order valence-corrected chi connectivity index (χ2v) is 7.39. The first kappa shape index (κ1) is 13.4. The number of hydrogen-bond acceptors (Lipinski definition) is 2. The van der Waals surface area contributed by atoms with Crippen molar-refractivity contribution in [1.29, 1.82) is 0 Å². The van der Waals surface area contributed by atoms with Gasteiger partial charge in [-0.15, -0.1) is 0 Å². The third-order valence-corrected chi connectivity index (χ3v) is 4.73. The smallest absolute Gasteiger partial charge is 0.0197 e. The van der Waals surface area contributed by atoms with E-state index in [1.54, 1.807) is 0 Å². The molecule has 0 aliphatic carbocycles. The molecule has 2 aliphatic rings. The van der Waals surface area contributed by atoms with Gasteiger partial charge in [0, 0.05) is 19.1 Å². The van der Waals surface area contributed by atoms with Crippen LogP contribution in [0.4, 0.5) is 0 Å². The maximum Gasteiger partial charge on any atom is 0.0197 e. The van der Waals surface area contributed by atoms with Gasteiger partial charge in [-0.25, -0.2) is 0 Å². The molecule has 0 bridgehead atoms. The van der Waals surface area contributed by atoms with Crippen LogP contribution < -0.4 is 5.32 Å². The van der Waals surface area contributed by atoms with Crippen LogP contribution >= 0.6 is 0 Å². The maximum absolute atomic E-state index is 3.69. The lowest BCUT2D eigenvalue weighted by molar-refractivity contribution is 0.201. The van der Waals surface area contributed by atoms with Gasteiger partial charge in [-0.2, -0.15) is 0 Å². The average Bonchev–Trinajstić information content (AvgIpc) is 2.65. The first-order valence-electron chi connectivity index (χ1n) is 7.41. The van der Waals surface area contributed by atoms with Gasteiger partial charge in [0.1, 0.15) is 0 Å². The van der Waals surface area contributed by atoms with Crippen LogP contribution in [0.15, 0.2) is 0 Å².